The predicted molar refractivity (Wildman–Crippen MR) is 92.4 cm³/mol. The summed E-state index contributed by atoms with van der Waals surface area (Å²) in [6.45, 7) is 6.55. The first-order chi connectivity index (χ1) is 11.1. The lowest BCUT2D eigenvalue weighted by Crippen LogP contribution is -2.14. The Hall–Kier alpha value is -2.49. The number of rotatable bonds is 7. The number of hydrogen-bond donors (Lipinski definition) is 1. The quantitative estimate of drug-likeness (QED) is 0.818. The second-order valence-electron chi connectivity index (χ2n) is 5.49. The number of amides is 1. The summed E-state index contributed by atoms with van der Waals surface area (Å²) >= 11 is 0. The van der Waals surface area contributed by atoms with Crippen LogP contribution in [0.2, 0.25) is 0 Å². The molecule has 0 unspecified atom stereocenters. The second kappa shape index (κ2) is 8.22. The van der Waals surface area contributed by atoms with Crippen molar-refractivity contribution in [2.24, 2.45) is 0 Å². The summed E-state index contributed by atoms with van der Waals surface area (Å²) in [6.07, 6.45) is 0.981. The van der Waals surface area contributed by atoms with Crippen LogP contribution in [0.3, 0.4) is 0 Å². The summed E-state index contributed by atoms with van der Waals surface area (Å²) in [6, 6.07) is 14.6. The van der Waals surface area contributed by atoms with Crippen molar-refractivity contribution in [1.29, 1.82) is 0 Å². The lowest BCUT2D eigenvalue weighted by atomic mass is 10.2. The van der Waals surface area contributed by atoms with Gasteiger partial charge in [-0.25, -0.2) is 0 Å². The first kappa shape index (κ1) is 16.9. The molecule has 0 saturated heterocycles. The standard InChI is InChI=1S/C19H23NO3/c1-4-12-22-18-11-6-5-10-17(18)19(21)20-15-8-7-9-16(13-15)23-14(2)3/h5-11,13-14H,4,12H2,1-3H3,(H,20,21). The van der Waals surface area contributed by atoms with Crippen molar-refractivity contribution >= 4 is 11.6 Å². The van der Waals surface area contributed by atoms with E-state index in [1.165, 1.54) is 0 Å². The molecule has 122 valence electrons. The van der Waals surface area contributed by atoms with E-state index in [0.717, 1.165) is 12.2 Å². The monoisotopic (exact) mass is 313 g/mol. The van der Waals surface area contributed by atoms with E-state index in [1.54, 1.807) is 6.07 Å². The molecule has 0 radical (unpaired) electrons. The van der Waals surface area contributed by atoms with E-state index in [0.29, 0.717) is 23.6 Å². The average Bonchev–Trinajstić information content (AvgIpc) is 2.53. The summed E-state index contributed by atoms with van der Waals surface area (Å²) in [5.74, 6) is 1.13. The summed E-state index contributed by atoms with van der Waals surface area (Å²) in [4.78, 5) is 12.5. The van der Waals surface area contributed by atoms with Gasteiger partial charge in [-0.1, -0.05) is 25.1 Å². The smallest absolute Gasteiger partial charge is 0.259 e. The van der Waals surface area contributed by atoms with Crippen molar-refractivity contribution in [2.75, 3.05) is 11.9 Å². The molecule has 4 nitrogen and oxygen atoms in total. The summed E-state index contributed by atoms with van der Waals surface area (Å²) in [5, 5.41) is 2.89. The van der Waals surface area contributed by atoms with Gasteiger partial charge in [0.1, 0.15) is 11.5 Å². The fraction of sp³-hybridized carbons (Fsp3) is 0.316. The van der Waals surface area contributed by atoms with E-state index in [-0.39, 0.29) is 12.0 Å². The van der Waals surface area contributed by atoms with E-state index in [2.05, 4.69) is 5.32 Å². The molecule has 0 atom stereocenters. The highest BCUT2D eigenvalue weighted by atomic mass is 16.5. The van der Waals surface area contributed by atoms with Crippen LogP contribution >= 0.6 is 0 Å². The number of para-hydroxylation sites is 1. The van der Waals surface area contributed by atoms with Gasteiger partial charge in [-0.05, 0) is 44.5 Å². The fourth-order valence-corrected chi connectivity index (χ4v) is 2.11. The Morgan fingerprint density at radius 3 is 2.65 bits per heavy atom. The first-order valence-corrected chi connectivity index (χ1v) is 7.90. The second-order valence-corrected chi connectivity index (χ2v) is 5.49. The van der Waals surface area contributed by atoms with Gasteiger partial charge >= 0.3 is 0 Å². The Morgan fingerprint density at radius 2 is 1.91 bits per heavy atom. The van der Waals surface area contributed by atoms with Gasteiger partial charge in [-0.15, -0.1) is 0 Å². The Balaban J connectivity index is 2.13. The largest absolute Gasteiger partial charge is 0.493 e. The van der Waals surface area contributed by atoms with E-state index in [1.807, 2.05) is 63.2 Å². The molecule has 0 heterocycles. The molecule has 0 fully saturated rings. The molecule has 0 aromatic heterocycles. The zero-order valence-electron chi connectivity index (χ0n) is 13.8. The molecule has 1 amide bonds. The van der Waals surface area contributed by atoms with Gasteiger partial charge in [-0.3, -0.25) is 4.79 Å². The summed E-state index contributed by atoms with van der Waals surface area (Å²) in [5.41, 5.74) is 1.22. The summed E-state index contributed by atoms with van der Waals surface area (Å²) in [7, 11) is 0. The Kier molecular flexibility index (Phi) is 6.03. The minimum atomic E-state index is -0.196. The van der Waals surface area contributed by atoms with E-state index in [4.69, 9.17) is 9.47 Å². The van der Waals surface area contributed by atoms with Gasteiger partial charge in [0.15, 0.2) is 0 Å². The number of ether oxygens (including phenoxy) is 2. The van der Waals surface area contributed by atoms with Crippen LogP contribution in [0.1, 0.15) is 37.6 Å². The third-order valence-electron chi connectivity index (χ3n) is 3.06. The molecule has 4 heteroatoms. The van der Waals surface area contributed by atoms with Crippen LogP contribution in [0, 0.1) is 0 Å². The maximum absolute atomic E-state index is 12.5. The molecule has 0 aliphatic heterocycles. The third-order valence-corrected chi connectivity index (χ3v) is 3.06. The van der Waals surface area contributed by atoms with Crippen LogP contribution in [0.5, 0.6) is 11.5 Å². The van der Waals surface area contributed by atoms with Crippen LogP contribution in [0.15, 0.2) is 48.5 Å². The molecule has 0 saturated carbocycles. The van der Waals surface area contributed by atoms with Crippen molar-refractivity contribution in [3.8, 4) is 11.5 Å². The molecule has 0 aliphatic rings. The third kappa shape index (κ3) is 5.02. The maximum Gasteiger partial charge on any atom is 0.259 e. The topological polar surface area (TPSA) is 47.6 Å². The lowest BCUT2D eigenvalue weighted by Gasteiger charge is -2.13. The highest BCUT2D eigenvalue weighted by Gasteiger charge is 2.12. The van der Waals surface area contributed by atoms with Gasteiger partial charge in [0, 0.05) is 11.8 Å². The average molecular weight is 313 g/mol. The van der Waals surface area contributed by atoms with Gasteiger partial charge < -0.3 is 14.8 Å². The first-order valence-electron chi connectivity index (χ1n) is 7.90. The number of carbonyl (C=O) groups excluding carboxylic acids is 1. The number of anilines is 1. The number of benzene rings is 2. The van der Waals surface area contributed by atoms with E-state index < -0.39 is 0 Å². The molecule has 2 aromatic rings. The lowest BCUT2D eigenvalue weighted by molar-refractivity contribution is 0.102. The van der Waals surface area contributed by atoms with Crippen molar-refractivity contribution in [2.45, 2.75) is 33.3 Å². The van der Waals surface area contributed by atoms with Crippen LogP contribution in [-0.2, 0) is 0 Å². The number of carbonyl (C=O) groups is 1. The van der Waals surface area contributed by atoms with Crippen molar-refractivity contribution in [1.82, 2.24) is 0 Å². The highest BCUT2D eigenvalue weighted by molar-refractivity contribution is 6.06. The predicted octanol–water partition coefficient (Wildman–Crippen LogP) is 4.51. The van der Waals surface area contributed by atoms with Crippen LogP contribution in [-0.4, -0.2) is 18.6 Å². The minimum Gasteiger partial charge on any atom is -0.493 e. The molecular weight excluding hydrogens is 290 g/mol. The number of nitrogens with one attached hydrogen (secondary N) is 1. The van der Waals surface area contributed by atoms with Crippen LogP contribution in [0.25, 0.3) is 0 Å². The molecule has 0 aliphatic carbocycles. The normalized spacial score (nSPS) is 10.4. The van der Waals surface area contributed by atoms with Gasteiger partial charge in [-0.2, -0.15) is 0 Å². The summed E-state index contributed by atoms with van der Waals surface area (Å²) < 4.78 is 11.3. The van der Waals surface area contributed by atoms with E-state index >= 15 is 0 Å². The fourth-order valence-electron chi connectivity index (χ4n) is 2.11. The molecular formula is C19H23NO3. The van der Waals surface area contributed by atoms with Gasteiger partial charge in [0.05, 0.1) is 18.3 Å². The molecule has 23 heavy (non-hydrogen) atoms. The van der Waals surface area contributed by atoms with Gasteiger partial charge in [0.2, 0.25) is 0 Å². The Morgan fingerprint density at radius 1 is 1.13 bits per heavy atom. The van der Waals surface area contributed by atoms with Gasteiger partial charge in [0.25, 0.3) is 5.91 Å². The van der Waals surface area contributed by atoms with Crippen molar-refractivity contribution in [3.05, 3.63) is 54.1 Å². The Labute approximate surface area is 137 Å². The zero-order valence-corrected chi connectivity index (χ0v) is 13.8. The molecule has 2 aromatic carbocycles. The molecule has 2 rings (SSSR count). The SMILES string of the molecule is CCCOc1ccccc1C(=O)Nc1cccc(OC(C)C)c1. The van der Waals surface area contributed by atoms with E-state index in [9.17, 15) is 4.79 Å². The molecule has 0 spiro atoms. The van der Waals surface area contributed by atoms with Crippen molar-refractivity contribution in [3.63, 3.8) is 0 Å². The molecule has 1 N–H and O–H groups in total. The van der Waals surface area contributed by atoms with Crippen LogP contribution < -0.4 is 14.8 Å². The molecule has 0 bridgehead atoms. The van der Waals surface area contributed by atoms with Crippen molar-refractivity contribution < 1.29 is 14.3 Å². The maximum atomic E-state index is 12.5. The van der Waals surface area contributed by atoms with Crippen LogP contribution in [0.4, 0.5) is 5.69 Å². The zero-order chi connectivity index (χ0) is 16.7. The highest BCUT2D eigenvalue weighted by Crippen LogP contribution is 2.22. The Bertz CT molecular complexity index is 653. The minimum absolute atomic E-state index is 0.0871. The number of hydrogen-bond acceptors (Lipinski definition) is 3.